The van der Waals surface area contributed by atoms with Gasteiger partial charge in [0, 0.05) is 90.4 Å². The second-order valence-electron chi connectivity index (χ2n) is 32.5. The van der Waals surface area contributed by atoms with E-state index in [2.05, 4.69) is 305 Å². The molecular weight excluding hydrogens is 2020 g/mol. The van der Waals surface area contributed by atoms with Crippen molar-refractivity contribution in [3.05, 3.63) is 359 Å². The molecule has 29 rings (SSSR count). The van der Waals surface area contributed by atoms with Gasteiger partial charge < -0.3 is 131 Å². The Hall–Kier alpha value is -17.7. The summed E-state index contributed by atoms with van der Waals surface area (Å²) in [6, 6.07) is 78.7. The Morgan fingerprint density at radius 1 is 0.160 bits per heavy atom. The number of aromatic amines is 4. The summed E-state index contributed by atoms with van der Waals surface area (Å²) >= 11 is 0. The van der Waals surface area contributed by atoms with Gasteiger partial charge in [0.05, 0.1) is 69.4 Å². The molecule has 4 aromatic carbocycles. The van der Waals surface area contributed by atoms with E-state index < -0.39 is 0 Å². The van der Waals surface area contributed by atoms with E-state index in [1.165, 1.54) is 0 Å². The number of benzene rings is 4. The van der Waals surface area contributed by atoms with Gasteiger partial charge in [-0.15, -0.1) is 22.1 Å². The summed E-state index contributed by atoms with van der Waals surface area (Å²) in [7, 11) is 0. The number of hydrogen-bond donors (Lipinski definition) is 0. The molecule has 4 N–H and O–H groups in total. The van der Waals surface area contributed by atoms with E-state index >= 15 is 0 Å². The number of nitrogens with one attached hydrogen (secondary N) is 4. The smallest absolute Gasteiger partial charge is 1.00 e. The van der Waals surface area contributed by atoms with Crippen molar-refractivity contribution in [2.75, 3.05) is 0 Å². The summed E-state index contributed by atoms with van der Waals surface area (Å²) < 4.78 is 0. The molecule has 0 amide bonds. The van der Waals surface area contributed by atoms with Gasteiger partial charge in [0.2, 0.25) is 0 Å². The zero-order valence-corrected chi connectivity index (χ0v) is 83.1. The van der Waals surface area contributed by atoms with Crippen molar-refractivity contribution < 1.29 is 110 Å². The van der Waals surface area contributed by atoms with Gasteiger partial charge in [0.15, 0.2) is 0 Å². The molecule has 10 aliphatic rings. The Balaban J connectivity index is 0.000000126. The van der Waals surface area contributed by atoms with Gasteiger partial charge in [-0.2, -0.15) is 0 Å². The Morgan fingerprint density at radius 3 is 0.460 bits per heavy atom. The van der Waals surface area contributed by atoms with Crippen LogP contribution in [-0.4, -0.2) is 133 Å². The fraction of sp³-hybridized carbons (Fsp3) is 0. The van der Waals surface area contributed by atoms with E-state index in [1.807, 2.05) is 121 Å². The first-order chi connectivity index (χ1) is 71.0. The molecule has 0 fully saturated rings. The molecule has 0 unspecified atom stereocenters. The van der Waals surface area contributed by atoms with Crippen LogP contribution < -0.4 is 107 Å². The maximum absolute atomic E-state index is 5.31. The second-order valence-corrected chi connectivity index (χ2v) is 32.5. The SMILES string of the molecule is C1=Cc2nc1c(-c1ccccc1)c1ccc([n-]1)c(-c1ccccc1)c1nc(c(-c3ccccc3)c3ccc([n-]3)c2-c2ccccc2)C=C1.C1=Cc2nc1nc1ccc(nc3nc(nc4ccc(n2)[n-]4)C=C3)[n-]1.C1=Cc2nc1nc1ccc(nc3nc(nc4ccc(n2)[n-]4)C=C3)[n-]1.C1=Cc2nc3ccc(nc4[nH+]c(nc5ccc(nc1[nH+]2)[n-]5)C=C4)[n-]3.C1=Cc2nc3ccc(nc4[nH+]c(nc5ccc(nc1[nH+]2)[n-]5)C=C4)[n-]3.[Co+2].[Cu+2].[Fe+2].[H-].[Li+].[Li+].[Mg+2]. The van der Waals surface area contributed by atoms with Crippen LogP contribution >= 0.6 is 0 Å². The summed E-state index contributed by atoms with van der Waals surface area (Å²) in [5.41, 5.74) is 24.0. The van der Waals surface area contributed by atoms with E-state index in [0.29, 0.717) is 184 Å². The Labute approximate surface area is 921 Å². The molecule has 0 aliphatic carbocycles. The van der Waals surface area contributed by atoms with Crippen LogP contribution in [0.5, 0.6) is 0 Å². The Bertz CT molecular complexity index is 7960. The number of H-pyrrole nitrogens is 4. The van der Waals surface area contributed by atoms with E-state index in [4.69, 9.17) is 19.9 Å². The topological polar surface area (TPSA) is 481 Å². The van der Waals surface area contributed by atoms with Crippen molar-refractivity contribution in [3.63, 3.8) is 0 Å². The van der Waals surface area contributed by atoms with Gasteiger partial charge in [0.25, 0.3) is 0 Å². The fourth-order valence-electron chi connectivity index (χ4n) is 16.2. The van der Waals surface area contributed by atoms with Crippen LogP contribution in [0.25, 0.3) is 278 Å². The van der Waals surface area contributed by atoms with Crippen LogP contribution in [0.3, 0.4) is 0 Å². The van der Waals surface area contributed by atoms with Crippen LogP contribution in [0.15, 0.2) is 243 Å². The second kappa shape index (κ2) is 45.1. The van der Waals surface area contributed by atoms with Crippen LogP contribution in [0.1, 0.15) is 117 Å². The average molecular weight is 2080 g/mol. The molecule has 25 heterocycles. The largest absolute Gasteiger partial charge is 2.00 e. The Kier molecular flexibility index (Phi) is 30.3. The minimum Gasteiger partial charge on any atom is -1.00 e. The van der Waals surface area contributed by atoms with E-state index in [0.717, 1.165) is 89.4 Å². The third kappa shape index (κ3) is 23.2. The predicted octanol–water partition coefficient (Wildman–Crippen LogP) is 7.97. The fourth-order valence-corrected chi connectivity index (χ4v) is 16.2. The van der Waals surface area contributed by atoms with Gasteiger partial charge in [0.1, 0.15) is 46.6 Å². The maximum Gasteiger partial charge on any atom is 2.00 e. The molecule has 150 heavy (non-hydrogen) atoms. The third-order valence-corrected chi connectivity index (χ3v) is 22.5. The number of fused-ring (bicyclic) bond motifs is 40. The monoisotopic (exact) mass is 2080 g/mol. The molecule has 19 aromatic rings. The van der Waals surface area contributed by atoms with E-state index in [9.17, 15) is 0 Å². The minimum atomic E-state index is 0. The molecule has 0 saturated carbocycles. The number of hydrogen-bond acceptors (Lipinski definition) is 22. The molecule has 0 atom stereocenters. The van der Waals surface area contributed by atoms with Crippen molar-refractivity contribution in [3.8, 4) is 44.5 Å². The van der Waals surface area contributed by atoms with E-state index in [1.54, 1.807) is 97.1 Å². The molecule has 15 aromatic heterocycles. The molecular formula is C108H65CoCuFeLi2MgN36+3. The molecule has 706 valence electrons. The molecule has 40 bridgehead atoms. The number of rotatable bonds is 4. The summed E-state index contributed by atoms with van der Waals surface area (Å²) in [6.07, 6.45) is 37.4. The van der Waals surface area contributed by atoms with Crippen molar-refractivity contribution >= 4 is 257 Å². The molecule has 0 spiro atoms. The Morgan fingerprint density at radius 2 is 0.307 bits per heavy atom. The van der Waals surface area contributed by atoms with Crippen LogP contribution in [0.2, 0.25) is 0 Å². The normalized spacial score (nSPS) is 11.9. The summed E-state index contributed by atoms with van der Waals surface area (Å²) in [5.74, 6) is 9.67. The zero-order valence-electron chi connectivity index (χ0n) is 79.6. The summed E-state index contributed by atoms with van der Waals surface area (Å²) in [5, 5.41) is 0. The molecule has 0 saturated heterocycles. The summed E-state index contributed by atoms with van der Waals surface area (Å²) in [4.78, 5) is 156. The molecule has 36 nitrogen and oxygen atoms in total. The first-order valence-electron chi connectivity index (χ1n) is 45.2. The van der Waals surface area contributed by atoms with Gasteiger partial charge >= 0.3 is 112 Å². The maximum atomic E-state index is 5.31. The molecule has 10 aliphatic heterocycles. The quantitative estimate of drug-likeness (QED) is 0.151. The summed E-state index contributed by atoms with van der Waals surface area (Å²) in [6.45, 7) is 0. The predicted molar refractivity (Wildman–Crippen MR) is 552 cm³/mol. The van der Waals surface area contributed by atoms with Crippen molar-refractivity contribution in [2.24, 2.45) is 0 Å². The van der Waals surface area contributed by atoms with Crippen LogP contribution in [0.4, 0.5) is 0 Å². The number of nitrogens with zero attached hydrogens (tertiary/aromatic N) is 32. The van der Waals surface area contributed by atoms with Gasteiger partial charge in [-0.1, -0.05) is 146 Å². The van der Waals surface area contributed by atoms with Crippen molar-refractivity contribution in [1.29, 1.82) is 0 Å². The van der Waals surface area contributed by atoms with Gasteiger partial charge in [-0.05, 0) is 263 Å². The first-order valence-corrected chi connectivity index (χ1v) is 45.2. The zero-order chi connectivity index (χ0) is 95.6. The minimum absolute atomic E-state index is 0. The number of aromatic nitrogens is 36. The van der Waals surface area contributed by atoms with Crippen molar-refractivity contribution in [1.82, 2.24) is 159 Å². The van der Waals surface area contributed by atoms with Crippen LogP contribution in [0, 0.1) is 0 Å². The van der Waals surface area contributed by atoms with Gasteiger partial charge in [-0.25, -0.2) is 29.9 Å². The van der Waals surface area contributed by atoms with Crippen LogP contribution in [-0.2, 0) is 50.9 Å². The average Bonchev–Trinajstić information content (AvgIpc) is 1.61. The molecule has 2 radical (unpaired) electrons. The van der Waals surface area contributed by atoms with Gasteiger partial charge in [-0.3, -0.25) is 19.9 Å². The third-order valence-electron chi connectivity index (χ3n) is 22.5. The van der Waals surface area contributed by atoms with E-state index in [-0.39, 0.29) is 113 Å². The first kappa shape index (κ1) is 101. The molecule has 42 heteroatoms. The van der Waals surface area contributed by atoms with Crippen molar-refractivity contribution in [2.45, 2.75) is 0 Å². The standard InChI is InChI=1S/C44H28N4.4C16H8N8.Co.Cu.Fe.2Li.Mg.H/c1-5-13-29(14-6-1)41-33-21-23-35(45-33)42(30-15-7-2-8-16-30)37-25-27-39(47-37)44(32-19-11-4-12-20-32)40-28-26-38(48-40)43(31-17-9-3-10-18-31)36-24-22-34(41)46-36;4*1-2-10-17-9(1)21-11-3-4-13(18-11)23-15-7-8-16(20-15)24-14-6-5-12(19-14)22-10;;;;;;;/h1-28H;4*1-8H;;;;;;;/q5*-2;3*+2;2*+1;+2;-1/p+4.